The predicted molar refractivity (Wildman–Crippen MR) is 137 cm³/mol. The molecule has 0 spiro atoms. The molecule has 2 aromatic rings. The average molecular weight is 520 g/mol. The van der Waals surface area contributed by atoms with Crippen molar-refractivity contribution < 1.29 is 22.4 Å². The first-order chi connectivity index (χ1) is 17.1. The number of carbonyl (C=O) groups excluding carboxylic acids is 2. The van der Waals surface area contributed by atoms with Gasteiger partial charge in [0.2, 0.25) is 11.8 Å². The number of nitrogens with one attached hydrogen (secondary N) is 2. The molecular weight excluding hydrogens is 486 g/mol. The van der Waals surface area contributed by atoms with Gasteiger partial charge in [0.15, 0.2) is 0 Å². The fourth-order valence-electron chi connectivity index (χ4n) is 4.75. The van der Waals surface area contributed by atoms with Crippen LogP contribution in [0.4, 0.5) is 11.7 Å². The van der Waals surface area contributed by atoms with Crippen molar-refractivity contribution in [2.45, 2.75) is 45.1 Å². The molecule has 0 radical (unpaired) electrons. The molecule has 2 fully saturated rings. The second-order valence-electron chi connectivity index (χ2n) is 9.62. The molecule has 36 heavy (non-hydrogen) atoms. The molecule has 1 atom stereocenters. The van der Waals surface area contributed by atoms with Crippen LogP contribution in [0.5, 0.6) is 0 Å². The van der Waals surface area contributed by atoms with E-state index in [1.54, 1.807) is 24.0 Å². The molecule has 196 valence electrons. The van der Waals surface area contributed by atoms with E-state index in [2.05, 4.69) is 20.5 Å². The molecule has 3 heterocycles. The van der Waals surface area contributed by atoms with E-state index in [0.717, 1.165) is 45.0 Å². The monoisotopic (exact) mass is 519 g/mol. The molecule has 0 aliphatic carbocycles. The molecule has 0 saturated carbocycles. The lowest BCUT2D eigenvalue weighted by molar-refractivity contribution is -0.131. The maximum atomic E-state index is 13.0. The summed E-state index contributed by atoms with van der Waals surface area (Å²) in [4.78, 5) is 46.5. The molecule has 1 aromatic heterocycles. The number of hydrogen-bond donors (Lipinski definition) is 2. The number of hydrogen-bond acceptors (Lipinski definition) is 9. The highest BCUT2D eigenvalue weighted by Gasteiger charge is 2.28. The Kier molecular flexibility index (Phi) is 7.94. The summed E-state index contributed by atoms with van der Waals surface area (Å²) in [6.07, 6.45) is 5.10. The normalized spacial score (nSPS) is 17.4. The number of amides is 2. The number of anilines is 2. The van der Waals surface area contributed by atoms with E-state index in [0.29, 0.717) is 36.4 Å². The largest absolute Gasteiger partial charge is 0.389 e. The number of nitrogens with zero attached hydrogens (tertiary/aromatic N) is 3. The van der Waals surface area contributed by atoms with Gasteiger partial charge in [-0.15, -0.1) is 0 Å². The van der Waals surface area contributed by atoms with Gasteiger partial charge in [-0.25, -0.2) is 13.2 Å². The Labute approximate surface area is 210 Å². The Hall–Kier alpha value is -2.99. The fraction of sp³-hybridized carbons (Fsp3) is 0.583. The minimum Gasteiger partial charge on any atom is -0.389 e. The number of rotatable bonds is 9. The van der Waals surface area contributed by atoms with Crippen LogP contribution in [0.2, 0.25) is 0 Å². The number of fused-ring (bicyclic) bond motifs is 1. The van der Waals surface area contributed by atoms with E-state index in [1.165, 1.54) is 0 Å². The van der Waals surface area contributed by atoms with Crippen LogP contribution < -0.4 is 16.3 Å². The highest BCUT2D eigenvalue weighted by Crippen LogP contribution is 2.24. The minimum atomic E-state index is -3.30. The zero-order chi connectivity index (χ0) is 25.9. The smallest absolute Gasteiger partial charge is 0.348 e. The molecule has 0 bridgehead atoms. The van der Waals surface area contributed by atoms with Crippen LogP contribution in [-0.4, -0.2) is 85.8 Å². The first-order valence-corrected chi connectivity index (χ1v) is 14.4. The van der Waals surface area contributed by atoms with Gasteiger partial charge in [0, 0.05) is 25.0 Å². The van der Waals surface area contributed by atoms with E-state index in [4.69, 9.17) is 4.42 Å². The molecule has 2 aliphatic heterocycles. The van der Waals surface area contributed by atoms with Gasteiger partial charge in [0.25, 0.3) is 6.01 Å². The third kappa shape index (κ3) is 6.41. The van der Waals surface area contributed by atoms with Gasteiger partial charge in [-0.2, -0.15) is 4.98 Å². The quantitative estimate of drug-likeness (QED) is 0.502. The fourth-order valence-corrected chi connectivity index (χ4v) is 5.41. The van der Waals surface area contributed by atoms with E-state index < -0.39 is 21.5 Å². The Morgan fingerprint density at radius 1 is 1.11 bits per heavy atom. The van der Waals surface area contributed by atoms with Gasteiger partial charge in [-0.1, -0.05) is 0 Å². The molecule has 12 heteroatoms. The molecule has 2 amide bonds. The van der Waals surface area contributed by atoms with Gasteiger partial charge >= 0.3 is 5.63 Å². The molecule has 2 saturated heterocycles. The summed E-state index contributed by atoms with van der Waals surface area (Å²) in [6.45, 7) is 5.03. The van der Waals surface area contributed by atoms with E-state index >= 15 is 0 Å². The van der Waals surface area contributed by atoms with Gasteiger partial charge in [0.05, 0.1) is 23.2 Å². The molecule has 1 aromatic carbocycles. The van der Waals surface area contributed by atoms with Gasteiger partial charge in [-0.05, 0) is 69.8 Å². The third-order valence-electron chi connectivity index (χ3n) is 6.69. The minimum absolute atomic E-state index is 0.0264. The molecule has 11 nitrogen and oxygen atoms in total. The Morgan fingerprint density at radius 3 is 2.44 bits per heavy atom. The summed E-state index contributed by atoms with van der Waals surface area (Å²) in [7, 11) is -3.30. The highest BCUT2D eigenvalue weighted by atomic mass is 32.2. The zero-order valence-corrected chi connectivity index (χ0v) is 21.5. The second kappa shape index (κ2) is 11.0. The topological polar surface area (TPSA) is 142 Å². The summed E-state index contributed by atoms with van der Waals surface area (Å²) in [6, 6.07) is 2.26. The predicted octanol–water partition coefficient (Wildman–Crippen LogP) is 1.37. The molecular formula is C24H33N5O6S. The lowest BCUT2D eigenvalue weighted by atomic mass is 10.1. The summed E-state index contributed by atoms with van der Waals surface area (Å²) in [5, 5.41) is 5.96. The highest BCUT2D eigenvalue weighted by molar-refractivity contribution is 7.90. The van der Waals surface area contributed by atoms with Crippen LogP contribution in [0.1, 0.15) is 37.7 Å². The van der Waals surface area contributed by atoms with Crippen molar-refractivity contribution in [2.24, 2.45) is 0 Å². The maximum absolute atomic E-state index is 13.0. The summed E-state index contributed by atoms with van der Waals surface area (Å²) in [5.41, 5.74) is 0.735. The van der Waals surface area contributed by atoms with Crippen molar-refractivity contribution in [2.75, 3.05) is 55.4 Å². The van der Waals surface area contributed by atoms with Crippen molar-refractivity contribution in [3.63, 3.8) is 0 Å². The lowest BCUT2D eigenvalue weighted by Crippen LogP contribution is -2.42. The van der Waals surface area contributed by atoms with E-state index in [9.17, 15) is 22.8 Å². The standard InChI is InChI=1S/C24H33N5O6S/c1-16-17(25-20(30)15-28-10-3-4-11-28)7-8-18-21(16)23(32)35-24(26-18)27-19(9-14-36(2,33)34)22(31)29-12-5-6-13-29/h7-8,19H,3-6,9-15H2,1-2H3,(H,25,30)(H,26,27). The third-order valence-corrected chi connectivity index (χ3v) is 7.67. The van der Waals surface area contributed by atoms with Crippen molar-refractivity contribution in [3.05, 3.63) is 28.1 Å². The summed E-state index contributed by atoms with van der Waals surface area (Å²) >= 11 is 0. The Bertz CT molecular complexity index is 1300. The SMILES string of the molecule is Cc1c(NC(=O)CN2CCCC2)ccc2nc(NC(CCS(C)(=O)=O)C(=O)N3CCCC3)oc(=O)c12. The maximum Gasteiger partial charge on any atom is 0.348 e. The van der Waals surface area contributed by atoms with Gasteiger partial charge in [-0.3, -0.25) is 14.5 Å². The first kappa shape index (κ1) is 26.1. The second-order valence-corrected chi connectivity index (χ2v) is 11.9. The lowest BCUT2D eigenvalue weighted by Gasteiger charge is -2.23. The summed E-state index contributed by atoms with van der Waals surface area (Å²) in [5.74, 6) is -0.584. The summed E-state index contributed by atoms with van der Waals surface area (Å²) < 4.78 is 28.9. The molecule has 4 rings (SSSR count). The molecule has 2 N–H and O–H groups in total. The number of benzene rings is 1. The van der Waals surface area contributed by atoms with Crippen molar-refractivity contribution in [3.8, 4) is 0 Å². The van der Waals surface area contributed by atoms with Gasteiger partial charge in [0.1, 0.15) is 15.9 Å². The number of carbonyl (C=O) groups is 2. The van der Waals surface area contributed by atoms with E-state index in [1.807, 2.05) is 0 Å². The van der Waals surface area contributed by atoms with Crippen molar-refractivity contribution in [1.29, 1.82) is 0 Å². The van der Waals surface area contributed by atoms with Crippen LogP contribution in [-0.2, 0) is 19.4 Å². The Balaban J connectivity index is 1.55. The van der Waals surface area contributed by atoms with Crippen LogP contribution in [0.15, 0.2) is 21.3 Å². The number of sulfone groups is 1. The van der Waals surface area contributed by atoms with E-state index in [-0.39, 0.29) is 35.4 Å². The zero-order valence-electron chi connectivity index (χ0n) is 20.7. The van der Waals surface area contributed by atoms with Crippen LogP contribution in [0, 0.1) is 6.92 Å². The number of likely N-dealkylation sites (tertiary alicyclic amines) is 2. The van der Waals surface area contributed by atoms with Crippen molar-refractivity contribution >= 4 is 44.3 Å². The van der Waals surface area contributed by atoms with Crippen molar-refractivity contribution in [1.82, 2.24) is 14.8 Å². The van der Waals surface area contributed by atoms with Crippen LogP contribution >= 0.6 is 0 Å². The number of aryl methyl sites for hydroxylation is 1. The van der Waals surface area contributed by atoms with Crippen LogP contribution in [0.25, 0.3) is 10.9 Å². The van der Waals surface area contributed by atoms with Crippen LogP contribution in [0.3, 0.4) is 0 Å². The Morgan fingerprint density at radius 2 is 1.78 bits per heavy atom. The number of aromatic nitrogens is 1. The van der Waals surface area contributed by atoms with Gasteiger partial charge < -0.3 is 20.0 Å². The molecule has 1 unspecified atom stereocenters. The first-order valence-electron chi connectivity index (χ1n) is 12.3. The average Bonchev–Trinajstić information content (AvgIpc) is 3.52. The molecule has 2 aliphatic rings.